The number of aryl methyl sites for hydroxylation is 2. The number of rotatable bonds is 8. The third-order valence-corrected chi connectivity index (χ3v) is 5.47. The van der Waals surface area contributed by atoms with E-state index in [4.69, 9.17) is 9.47 Å². The van der Waals surface area contributed by atoms with Gasteiger partial charge in [0.05, 0.1) is 25.6 Å². The number of ether oxygens (including phenoxy) is 2. The second-order valence-electron chi connectivity index (χ2n) is 7.65. The third-order valence-electron chi connectivity index (χ3n) is 5.47. The van der Waals surface area contributed by atoms with E-state index in [1.165, 1.54) is 11.3 Å². The largest absolute Gasteiger partial charge is 0.493 e. The highest BCUT2D eigenvalue weighted by atomic mass is 16.5. The van der Waals surface area contributed by atoms with Crippen LogP contribution in [0.1, 0.15) is 46.9 Å². The molecule has 3 aromatic rings. The molecule has 2 heterocycles. The van der Waals surface area contributed by atoms with E-state index in [1.807, 2.05) is 31.2 Å². The van der Waals surface area contributed by atoms with Crippen molar-refractivity contribution >= 4 is 5.82 Å². The molecule has 0 aliphatic rings. The van der Waals surface area contributed by atoms with Gasteiger partial charge in [-0.25, -0.2) is 9.97 Å². The molecule has 0 bridgehead atoms. The molecule has 0 spiro atoms. The quantitative estimate of drug-likeness (QED) is 0.597. The number of aromatic nitrogens is 4. The molecule has 0 aliphatic heterocycles. The maximum Gasteiger partial charge on any atom is 0.161 e. The molecule has 0 saturated heterocycles. The molecule has 0 amide bonds. The molecule has 1 atom stereocenters. The first-order chi connectivity index (χ1) is 14.3. The summed E-state index contributed by atoms with van der Waals surface area (Å²) in [4.78, 5) is 9.21. The fourth-order valence-corrected chi connectivity index (χ4v) is 3.43. The Balaban J connectivity index is 1.74. The van der Waals surface area contributed by atoms with Crippen LogP contribution in [0, 0.1) is 27.7 Å². The zero-order valence-corrected chi connectivity index (χ0v) is 18.9. The first kappa shape index (κ1) is 21.6. The van der Waals surface area contributed by atoms with Gasteiger partial charge in [-0.1, -0.05) is 13.0 Å². The van der Waals surface area contributed by atoms with Crippen molar-refractivity contribution in [3.63, 3.8) is 0 Å². The highest BCUT2D eigenvalue weighted by molar-refractivity contribution is 5.45. The fourth-order valence-electron chi connectivity index (χ4n) is 3.43. The van der Waals surface area contributed by atoms with Crippen LogP contribution >= 0.6 is 0 Å². The summed E-state index contributed by atoms with van der Waals surface area (Å²) in [6, 6.07) is 7.91. The number of hydrogen-bond acceptors (Lipinski definition) is 6. The Bertz CT molecular complexity index is 1030. The Labute approximate surface area is 178 Å². The van der Waals surface area contributed by atoms with Gasteiger partial charge in [-0.15, -0.1) is 0 Å². The van der Waals surface area contributed by atoms with E-state index in [1.54, 1.807) is 14.2 Å². The van der Waals surface area contributed by atoms with E-state index >= 15 is 0 Å². The van der Waals surface area contributed by atoms with Crippen LogP contribution in [0.5, 0.6) is 11.5 Å². The zero-order valence-electron chi connectivity index (χ0n) is 18.9. The number of anilines is 1. The van der Waals surface area contributed by atoms with Crippen molar-refractivity contribution in [3.05, 3.63) is 58.3 Å². The van der Waals surface area contributed by atoms with Crippen LogP contribution in [0.4, 0.5) is 5.82 Å². The monoisotopic (exact) mass is 409 g/mol. The lowest BCUT2D eigenvalue weighted by Gasteiger charge is -2.15. The third kappa shape index (κ3) is 4.72. The maximum absolute atomic E-state index is 5.39. The topological polar surface area (TPSA) is 74.1 Å². The SMILES string of the molecule is COc1ccc(CNc2cc([C@@H](C)Cn3nc(C)c(C)c3C)nc(C)n2)cc1OC. The minimum Gasteiger partial charge on any atom is -0.493 e. The molecule has 7 nitrogen and oxygen atoms in total. The molecule has 0 saturated carbocycles. The van der Waals surface area contributed by atoms with E-state index in [2.05, 4.69) is 52.8 Å². The molecule has 2 aromatic heterocycles. The van der Waals surface area contributed by atoms with Crippen LogP contribution in [0.3, 0.4) is 0 Å². The van der Waals surface area contributed by atoms with Crippen molar-refractivity contribution in [2.45, 2.75) is 53.6 Å². The summed E-state index contributed by atoms with van der Waals surface area (Å²) >= 11 is 0. The van der Waals surface area contributed by atoms with Gasteiger partial charge in [-0.2, -0.15) is 5.10 Å². The molecular weight excluding hydrogens is 378 g/mol. The van der Waals surface area contributed by atoms with E-state index in [0.717, 1.165) is 40.9 Å². The highest BCUT2D eigenvalue weighted by Gasteiger charge is 2.15. The zero-order chi connectivity index (χ0) is 21.8. The Hall–Kier alpha value is -3.09. The molecule has 0 unspecified atom stereocenters. The number of nitrogens with zero attached hydrogens (tertiary/aromatic N) is 4. The summed E-state index contributed by atoms with van der Waals surface area (Å²) in [6.45, 7) is 11.8. The highest BCUT2D eigenvalue weighted by Crippen LogP contribution is 2.28. The lowest BCUT2D eigenvalue weighted by Crippen LogP contribution is -2.13. The average Bonchev–Trinajstić information content (AvgIpc) is 2.98. The standard InChI is InChI=1S/C23H31N5O2/c1-14(13-28-17(4)15(2)16(3)27-28)20-11-23(26-18(5)25-20)24-12-19-8-9-21(29-6)22(10-19)30-7/h8-11,14H,12-13H2,1-7H3,(H,24,25,26)/t14-/m0/s1. The Morgan fingerprint density at radius 2 is 1.73 bits per heavy atom. The van der Waals surface area contributed by atoms with Gasteiger partial charge in [0.25, 0.3) is 0 Å². The summed E-state index contributed by atoms with van der Waals surface area (Å²) in [5.41, 5.74) is 5.62. The summed E-state index contributed by atoms with van der Waals surface area (Å²) in [5.74, 6) is 3.20. The van der Waals surface area contributed by atoms with Crippen molar-refractivity contribution in [3.8, 4) is 11.5 Å². The van der Waals surface area contributed by atoms with Crippen LogP contribution in [0.25, 0.3) is 0 Å². The van der Waals surface area contributed by atoms with Gasteiger partial charge in [0.2, 0.25) is 0 Å². The number of nitrogens with one attached hydrogen (secondary N) is 1. The van der Waals surface area contributed by atoms with Crippen molar-refractivity contribution in [2.75, 3.05) is 19.5 Å². The second kappa shape index (κ2) is 9.15. The Morgan fingerprint density at radius 1 is 1.00 bits per heavy atom. The maximum atomic E-state index is 5.39. The van der Waals surface area contributed by atoms with Crippen LogP contribution in [0.2, 0.25) is 0 Å². The first-order valence-corrected chi connectivity index (χ1v) is 10.1. The molecule has 1 aromatic carbocycles. The van der Waals surface area contributed by atoms with Crippen LogP contribution < -0.4 is 14.8 Å². The van der Waals surface area contributed by atoms with Gasteiger partial charge in [-0.05, 0) is 51.0 Å². The van der Waals surface area contributed by atoms with Crippen LogP contribution in [-0.2, 0) is 13.1 Å². The van der Waals surface area contributed by atoms with E-state index in [0.29, 0.717) is 12.3 Å². The van der Waals surface area contributed by atoms with Gasteiger partial charge in [-0.3, -0.25) is 4.68 Å². The van der Waals surface area contributed by atoms with Crippen LogP contribution in [0.15, 0.2) is 24.3 Å². The van der Waals surface area contributed by atoms with E-state index in [-0.39, 0.29) is 5.92 Å². The molecule has 3 rings (SSSR count). The minimum absolute atomic E-state index is 0.214. The molecule has 7 heteroatoms. The predicted molar refractivity (Wildman–Crippen MR) is 118 cm³/mol. The average molecular weight is 410 g/mol. The number of methoxy groups -OCH3 is 2. The molecular formula is C23H31N5O2. The normalized spacial score (nSPS) is 12.0. The van der Waals surface area contributed by atoms with E-state index < -0.39 is 0 Å². The van der Waals surface area contributed by atoms with Gasteiger partial charge in [0.1, 0.15) is 11.6 Å². The van der Waals surface area contributed by atoms with Gasteiger partial charge >= 0.3 is 0 Å². The molecule has 160 valence electrons. The molecule has 0 radical (unpaired) electrons. The molecule has 1 N–H and O–H groups in total. The van der Waals surface area contributed by atoms with Crippen molar-refractivity contribution < 1.29 is 9.47 Å². The fraction of sp³-hybridized carbons (Fsp3) is 0.435. The van der Waals surface area contributed by atoms with Crippen molar-refractivity contribution in [1.29, 1.82) is 0 Å². The summed E-state index contributed by atoms with van der Waals surface area (Å²) < 4.78 is 12.8. The lowest BCUT2D eigenvalue weighted by molar-refractivity contribution is 0.354. The van der Waals surface area contributed by atoms with Gasteiger partial charge in [0, 0.05) is 30.8 Å². The summed E-state index contributed by atoms with van der Waals surface area (Å²) in [7, 11) is 3.27. The summed E-state index contributed by atoms with van der Waals surface area (Å²) in [6.07, 6.45) is 0. The van der Waals surface area contributed by atoms with Gasteiger partial charge in [0.15, 0.2) is 11.5 Å². The lowest BCUT2D eigenvalue weighted by atomic mass is 10.1. The smallest absolute Gasteiger partial charge is 0.161 e. The Morgan fingerprint density at radius 3 is 2.37 bits per heavy atom. The second-order valence-corrected chi connectivity index (χ2v) is 7.65. The van der Waals surface area contributed by atoms with E-state index in [9.17, 15) is 0 Å². The molecule has 30 heavy (non-hydrogen) atoms. The van der Waals surface area contributed by atoms with Crippen molar-refractivity contribution in [2.24, 2.45) is 0 Å². The molecule has 0 fully saturated rings. The minimum atomic E-state index is 0.214. The summed E-state index contributed by atoms with van der Waals surface area (Å²) in [5, 5.41) is 8.07. The predicted octanol–water partition coefficient (Wildman–Crippen LogP) is 4.34. The first-order valence-electron chi connectivity index (χ1n) is 10.1. The Kier molecular flexibility index (Phi) is 6.59. The van der Waals surface area contributed by atoms with Crippen LogP contribution in [-0.4, -0.2) is 34.0 Å². The number of benzene rings is 1. The number of hydrogen-bond donors (Lipinski definition) is 1. The molecule has 0 aliphatic carbocycles. The van der Waals surface area contributed by atoms with Gasteiger partial charge < -0.3 is 14.8 Å². The van der Waals surface area contributed by atoms with Crippen molar-refractivity contribution in [1.82, 2.24) is 19.7 Å².